The van der Waals surface area contributed by atoms with Gasteiger partial charge in [-0.25, -0.2) is 0 Å². The normalized spacial score (nSPS) is 11.3. The van der Waals surface area contributed by atoms with E-state index in [-0.39, 0.29) is 18.1 Å². The van der Waals surface area contributed by atoms with Crippen LogP contribution in [-0.4, -0.2) is 21.6 Å². The molecule has 0 fully saturated rings. The summed E-state index contributed by atoms with van der Waals surface area (Å²) in [5, 5.41) is 4.23. The molecule has 1 N–H and O–H groups in total. The number of benzene rings is 3. The van der Waals surface area contributed by atoms with Crippen molar-refractivity contribution in [1.29, 1.82) is 0 Å². The summed E-state index contributed by atoms with van der Waals surface area (Å²) >= 11 is 0. The zero-order chi connectivity index (χ0) is 27.9. The van der Waals surface area contributed by atoms with Crippen LogP contribution in [0, 0.1) is 20.8 Å². The van der Waals surface area contributed by atoms with Gasteiger partial charge in [-0.05, 0) is 79.3 Å². The number of carbonyl (C=O) groups is 1. The first-order chi connectivity index (χ1) is 18.8. The number of nitrogens with one attached hydrogen (secondary N) is 1. The number of amides is 1. The van der Waals surface area contributed by atoms with E-state index in [9.17, 15) is 4.79 Å². The molecule has 0 aliphatic heterocycles. The van der Waals surface area contributed by atoms with Crippen LogP contribution < -0.4 is 5.32 Å². The van der Waals surface area contributed by atoms with E-state index in [1.807, 2.05) is 38.2 Å². The van der Waals surface area contributed by atoms with Gasteiger partial charge in [0.25, 0.3) is 5.91 Å². The number of hydrogen-bond donors (Lipinski definition) is 1. The van der Waals surface area contributed by atoms with E-state index in [2.05, 4.69) is 89.4 Å². The fourth-order valence-corrected chi connectivity index (χ4v) is 4.79. The van der Waals surface area contributed by atoms with Gasteiger partial charge in [0.15, 0.2) is 0 Å². The fourth-order valence-electron chi connectivity index (χ4n) is 4.79. The third kappa shape index (κ3) is 6.20. The van der Waals surface area contributed by atoms with Crippen molar-refractivity contribution in [2.45, 2.75) is 40.3 Å². The lowest BCUT2D eigenvalue weighted by Crippen LogP contribution is -2.26. The molecule has 1 amide bonds. The number of fused-ring (bicyclic) bond motifs is 1. The van der Waals surface area contributed by atoms with E-state index in [1.54, 1.807) is 6.20 Å². The summed E-state index contributed by atoms with van der Waals surface area (Å²) in [7, 11) is 0. The largest absolute Gasteiger partial charge is 0.373 e. The van der Waals surface area contributed by atoms with Crippen molar-refractivity contribution in [1.82, 2.24) is 14.9 Å². The van der Waals surface area contributed by atoms with Gasteiger partial charge in [-0.1, -0.05) is 60.7 Å². The van der Waals surface area contributed by atoms with E-state index in [0.717, 1.165) is 28.6 Å². The number of pyridine rings is 1. The van der Waals surface area contributed by atoms with Crippen LogP contribution in [0.1, 0.15) is 51.3 Å². The standard InChI is InChI=1S/C32H31N3O.CO2/c1-21-16-29(19-33-18-21)23(3)34-32(36)28-14-15-31-30(17-28)22(2)24(4)35(31)20-25-10-12-27(13-11-25)26-8-6-5-7-9-26;2-1-3/h5-19,23H,20H2,1-4H3,(H,34,36);/t23-;/m0./s1. The molecule has 5 rings (SSSR count). The molecule has 0 saturated carbocycles. The summed E-state index contributed by atoms with van der Waals surface area (Å²) in [6.45, 7) is 9.07. The van der Waals surface area contributed by atoms with Crippen LogP contribution in [0.5, 0.6) is 0 Å². The van der Waals surface area contributed by atoms with Gasteiger partial charge in [-0.15, -0.1) is 0 Å². The van der Waals surface area contributed by atoms with Gasteiger partial charge in [-0.3, -0.25) is 9.78 Å². The van der Waals surface area contributed by atoms with E-state index >= 15 is 0 Å². The molecule has 0 saturated heterocycles. The second-order valence-electron chi connectivity index (χ2n) is 9.67. The summed E-state index contributed by atoms with van der Waals surface area (Å²) in [5.74, 6) is -0.0767. The molecule has 39 heavy (non-hydrogen) atoms. The molecular formula is C33H31N3O3. The first-order valence-electron chi connectivity index (χ1n) is 12.8. The van der Waals surface area contributed by atoms with Crippen molar-refractivity contribution in [3.63, 3.8) is 0 Å². The topological polar surface area (TPSA) is 81.1 Å². The molecule has 2 aromatic heterocycles. The maximum Gasteiger partial charge on any atom is 0.373 e. The maximum atomic E-state index is 13.1. The van der Waals surface area contributed by atoms with Crippen LogP contribution in [0.3, 0.4) is 0 Å². The van der Waals surface area contributed by atoms with E-state index in [4.69, 9.17) is 9.59 Å². The fraction of sp³-hybridized carbons (Fsp3) is 0.182. The van der Waals surface area contributed by atoms with Crippen molar-refractivity contribution in [2.75, 3.05) is 0 Å². The average molecular weight is 518 g/mol. The summed E-state index contributed by atoms with van der Waals surface area (Å²) in [4.78, 5) is 33.6. The van der Waals surface area contributed by atoms with Crippen LogP contribution in [0.2, 0.25) is 0 Å². The Labute approximate surface area is 228 Å². The van der Waals surface area contributed by atoms with Gasteiger partial charge in [0.1, 0.15) is 0 Å². The molecule has 6 nitrogen and oxygen atoms in total. The molecule has 2 heterocycles. The van der Waals surface area contributed by atoms with E-state index in [1.165, 1.54) is 27.9 Å². The number of nitrogens with zero attached hydrogens (tertiary/aromatic N) is 2. The van der Waals surface area contributed by atoms with Gasteiger partial charge in [-0.2, -0.15) is 9.59 Å². The minimum Gasteiger partial charge on any atom is -0.345 e. The molecule has 0 bridgehead atoms. The Morgan fingerprint density at radius 3 is 2.23 bits per heavy atom. The average Bonchev–Trinajstić information content (AvgIpc) is 3.18. The predicted molar refractivity (Wildman–Crippen MR) is 152 cm³/mol. The molecule has 0 unspecified atom stereocenters. The van der Waals surface area contributed by atoms with Crippen molar-refractivity contribution in [3.05, 3.63) is 125 Å². The SMILES string of the molecule is Cc1cncc([C@H](C)NC(=O)c2ccc3c(c2)c(C)c(C)n3Cc2ccc(-c3ccccc3)cc2)c1.O=C=O. The zero-order valence-electron chi connectivity index (χ0n) is 22.6. The summed E-state index contributed by atoms with van der Waals surface area (Å²) in [6.07, 6.45) is 3.88. The first kappa shape index (κ1) is 27.2. The molecular weight excluding hydrogens is 486 g/mol. The molecule has 5 aromatic rings. The minimum atomic E-state index is -0.119. The predicted octanol–water partition coefficient (Wildman–Crippen LogP) is 6.58. The summed E-state index contributed by atoms with van der Waals surface area (Å²) in [5.41, 5.74) is 10.0. The third-order valence-electron chi connectivity index (χ3n) is 7.05. The highest BCUT2D eigenvalue weighted by Gasteiger charge is 2.16. The summed E-state index contributed by atoms with van der Waals surface area (Å²) in [6, 6.07) is 27.2. The molecule has 196 valence electrons. The number of rotatable bonds is 6. The quantitative estimate of drug-likeness (QED) is 0.276. The van der Waals surface area contributed by atoms with Gasteiger partial charge in [0.2, 0.25) is 0 Å². The van der Waals surface area contributed by atoms with Crippen LogP contribution >= 0.6 is 0 Å². The highest BCUT2D eigenvalue weighted by atomic mass is 16.2. The highest BCUT2D eigenvalue weighted by molar-refractivity contribution is 5.99. The Morgan fingerprint density at radius 1 is 0.897 bits per heavy atom. The zero-order valence-corrected chi connectivity index (χ0v) is 22.6. The van der Waals surface area contributed by atoms with Gasteiger partial charge >= 0.3 is 6.15 Å². The molecule has 3 aromatic carbocycles. The number of aromatic nitrogens is 2. The number of hydrogen-bond acceptors (Lipinski definition) is 4. The van der Waals surface area contributed by atoms with E-state index in [0.29, 0.717) is 5.56 Å². The Kier molecular flexibility index (Phi) is 8.50. The Morgan fingerprint density at radius 2 is 1.56 bits per heavy atom. The Hall–Kier alpha value is -4.80. The first-order valence-corrected chi connectivity index (χ1v) is 12.8. The lowest BCUT2D eigenvalue weighted by molar-refractivity contribution is -0.191. The highest BCUT2D eigenvalue weighted by Crippen LogP contribution is 2.28. The second-order valence-corrected chi connectivity index (χ2v) is 9.67. The van der Waals surface area contributed by atoms with E-state index < -0.39 is 0 Å². The summed E-state index contributed by atoms with van der Waals surface area (Å²) < 4.78 is 2.34. The molecule has 0 aliphatic rings. The van der Waals surface area contributed by atoms with Crippen LogP contribution in [-0.2, 0) is 16.1 Å². The molecule has 0 aliphatic carbocycles. The molecule has 1 atom stereocenters. The minimum absolute atomic E-state index is 0.0767. The van der Waals surface area contributed by atoms with Crippen molar-refractivity contribution < 1.29 is 14.4 Å². The maximum absolute atomic E-state index is 13.1. The van der Waals surface area contributed by atoms with Crippen molar-refractivity contribution in [3.8, 4) is 11.1 Å². The van der Waals surface area contributed by atoms with Crippen LogP contribution in [0.15, 0.2) is 91.3 Å². The van der Waals surface area contributed by atoms with Crippen molar-refractivity contribution in [2.24, 2.45) is 0 Å². The Balaban J connectivity index is 0.00000112. The molecule has 6 heteroatoms. The van der Waals surface area contributed by atoms with Crippen LogP contribution in [0.25, 0.3) is 22.0 Å². The monoisotopic (exact) mass is 517 g/mol. The lowest BCUT2D eigenvalue weighted by atomic mass is 10.0. The smallest absolute Gasteiger partial charge is 0.345 e. The lowest BCUT2D eigenvalue weighted by Gasteiger charge is -2.15. The second kappa shape index (κ2) is 12.2. The molecule has 0 spiro atoms. The number of carbonyl (C=O) groups excluding carboxylic acids is 3. The van der Waals surface area contributed by atoms with Gasteiger partial charge in [0.05, 0.1) is 6.04 Å². The van der Waals surface area contributed by atoms with Gasteiger partial charge < -0.3 is 9.88 Å². The Bertz CT molecular complexity index is 1630. The number of aryl methyl sites for hydroxylation is 2. The van der Waals surface area contributed by atoms with Crippen LogP contribution in [0.4, 0.5) is 0 Å². The molecule has 0 radical (unpaired) electrons. The van der Waals surface area contributed by atoms with Gasteiger partial charge in [0, 0.05) is 41.1 Å². The third-order valence-corrected chi connectivity index (χ3v) is 7.05. The van der Waals surface area contributed by atoms with Crippen molar-refractivity contribution >= 4 is 23.0 Å².